The molecule has 0 aromatic carbocycles. The number of aromatic carboxylic acids is 1. The van der Waals surface area contributed by atoms with Crippen LogP contribution in [0, 0.1) is 13.8 Å². The molecule has 2 rings (SSSR count). The topological polar surface area (TPSA) is 63.1 Å². The zero-order valence-corrected chi connectivity index (χ0v) is 9.78. The summed E-state index contributed by atoms with van der Waals surface area (Å²) < 4.78 is 0. The Balaban J connectivity index is 2.46. The predicted molar refractivity (Wildman–Crippen MR) is 59.7 cm³/mol. The molecule has 78 valence electrons. The molecule has 0 spiro atoms. The van der Waals surface area contributed by atoms with Crippen LogP contribution in [0.15, 0.2) is 5.38 Å². The highest BCUT2D eigenvalue weighted by Crippen LogP contribution is 2.29. The third-order valence-corrected chi connectivity index (χ3v) is 3.87. The van der Waals surface area contributed by atoms with Crippen LogP contribution >= 0.6 is 22.7 Å². The Morgan fingerprint density at radius 1 is 1.33 bits per heavy atom. The Hall–Kier alpha value is -1.27. The number of hydrogen-bond acceptors (Lipinski definition) is 5. The zero-order valence-electron chi connectivity index (χ0n) is 8.14. The van der Waals surface area contributed by atoms with Crippen molar-refractivity contribution in [2.45, 2.75) is 13.8 Å². The fourth-order valence-corrected chi connectivity index (χ4v) is 2.88. The van der Waals surface area contributed by atoms with Crippen molar-refractivity contribution in [2.75, 3.05) is 0 Å². The molecule has 0 unspecified atom stereocenters. The second-order valence-corrected chi connectivity index (χ2v) is 5.08. The number of nitrogens with zero attached hydrogens (tertiary/aromatic N) is 2. The van der Waals surface area contributed by atoms with E-state index in [1.54, 1.807) is 6.92 Å². The summed E-state index contributed by atoms with van der Waals surface area (Å²) in [6.45, 7) is 3.66. The molecule has 15 heavy (non-hydrogen) atoms. The second-order valence-electron chi connectivity index (χ2n) is 3.02. The summed E-state index contributed by atoms with van der Waals surface area (Å²) >= 11 is 2.85. The number of rotatable bonds is 2. The molecule has 0 amide bonds. The molecular formula is C9H8N2O2S2. The van der Waals surface area contributed by atoms with Gasteiger partial charge in [-0.05, 0) is 13.8 Å². The van der Waals surface area contributed by atoms with Gasteiger partial charge in [-0.1, -0.05) is 0 Å². The van der Waals surface area contributed by atoms with Crippen molar-refractivity contribution in [3.05, 3.63) is 21.6 Å². The molecule has 0 bridgehead atoms. The number of carboxylic acid groups (broad SMARTS) is 1. The average Bonchev–Trinajstić information content (AvgIpc) is 2.71. The fraction of sp³-hybridized carbons (Fsp3) is 0.222. The minimum absolute atomic E-state index is 0.128. The molecule has 2 aromatic rings. The van der Waals surface area contributed by atoms with Crippen molar-refractivity contribution in [2.24, 2.45) is 0 Å². The smallest absolute Gasteiger partial charge is 0.355 e. The van der Waals surface area contributed by atoms with Crippen LogP contribution in [0.1, 0.15) is 21.1 Å². The average molecular weight is 240 g/mol. The summed E-state index contributed by atoms with van der Waals surface area (Å²) in [5.74, 6) is -0.983. The summed E-state index contributed by atoms with van der Waals surface area (Å²) in [4.78, 5) is 19.8. The molecule has 1 N–H and O–H groups in total. The van der Waals surface area contributed by atoms with Crippen molar-refractivity contribution in [1.29, 1.82) is 0 Å². The molecule has 2 aromatic heterocycles. The van der Waals surface area contributed by atoms with E-state index in [0.29, 0.717) is 9.88 Å². The molecule has 4 nitrogen and oxygen atoms in total. The van der Waals surface area contributed by atoms with Crippen LogP contribution in [-0.4, -0.2) is 21.0 Å². The van der Waals surface area contributed by atoms with E-state index in [2.05, 4.69) is 9.97 Å². The molecule has 0 saturated carbocycles. The van der Waals surface area contributed by atoms with Gasteiger partial charge in [-0.3, -0.25) is 0 Å². The Kier molecular flexibility index (Phi) is 2.54. The largest absolute Gasteiger partial charge is 0.476 e. The van der Waals surface area contributed by atoms with Gasteiger partial charge in [0.1, 0.15) is 0 Å². The SMILES string of the molecule is Cc1csc(-c2nc(C(=O)O)c(C)s2)n1. The fourth-order valence-electron chi connectivity index (χ4n) is 1.14. The maximum atomic E-state index is 10.8. The van der Waals surface area contributed by atoms with E-state index >= 15 is 0 Å². The van der Waals surface area contributed by atoms with E-state index in [-0.39, 0.29) is 5.69 Å². The summed E-state index contributed by atoms with van der Waals surface area (Å²) in [5.41, 5.74) is 1.06. The van der Waals surface area contributed by atoms with E-state index in [1.165, 1.54) is 22.7 Å². The second kappa shape index (κ2) is 3.71. The van der Waals surface area contributed by atoms with E-state index < -0.39 is 5.97 Å². The van der Waals surface area contributed by atoms with Gasteiger partial charge in [-0.2, -0.15) is 0 Å². The Morgan fingerprint density at radius 2 is 2.07 bits per heavy atom. The van der Waals surface area contributed by atoms with E-state index in [1.807, 2.05) is 12.3 Å². The number of carboxylic acids is 1. The summed E-state index contributed by atoms with van der Waals surface area (Å²) in [6, 6.07) is 0. The lowest BCUT2D eigenvalue weighted by Gasteiger charge is -1.86. The number of thiazole rings is 2. The third-order valence-electron chi connectivity index (χ3n) is 1.80. The van der Waals surface area contributed by atoms with Crippen LogP contribution < -0.4 is 0 Å². The van der Waals surface area contributed by atoms with Gasteiger partial charge in [0.15, 0.2) is 15.7 Å². The van der Waals surface area contributed by atoms with Gasteiger partial charge in [0.25, 0.3) is 0 Å². The van der Waals surface area contributed by atoms with Crippen molar-refractivity contribution < 1.29 is 9.90 Å². The van der Waals surface area contributed by atoms with Crippen molar-refractivity contribution >= 4 is 28.6 Å². The molecule has 0 fully saturated rings. The number of hydrogen-bond donors (Lipinski definition) is 1. The van der Waals surface area contributed by atoms with Crippen molar-refractivity contribution in [3.8, 4) is 10.0 Å². The first-order valence-electron chi connectivity index (χ1n) is 4.21. The first-order chi connectivity index (χ1) is 7.08. The van der Waals surface area contributed by atoms with Gasteiger partial charge in [-0.25, -0.2) is 14.8 Å². The van der Waals surface area contributed by atoms with Gasteiger partial charge in [0, 0.05) is 16.0 Å². The Morgan fingerprint density at radius 3 is 2.53 bits per heavy atom. The van der Waals surface area contributed by atoms with Crippen LogP contribution in [-0.2, 0) is 0 Å². The number of carbonyl (C=O) groups is 1. The summed E-state index contributed by atoms with van der Waals surface area (Å²) in [5, 5.41) is 12.2. The molecule has 6 heteroatoms. The molecule has 0 atom stereocenters. The molecule has 0 radical (unpaired) electrons. The van der Waals surface area contributed by atoms with Gasteiger partial charge in [-0.15, -0.1) is 22.7 Å². The minimum atomic E-state index is -0.983. The highest BCUT2D eigenvalue weighted by molar-refractivity contribution is 7.20. The lowest BCUT2D eigenvalue weighted by atomic mass is 10.4. The lowest BCUT2D eigenvalue weighted by molar-refractivity contribution is 0.0690. The molecule has 0 aliphatic carbocycles. The van der Waals surface area contributed by atoms with Crippen LogP contribution in [0.25, 0.3) is 10.0 Å². The Labute approximate surface area is 94.3 Å². The van der Waals surface area contributed by atoms with Gasteiger partial charge in [0.2, 0.25) is 0 Å². The van der Waals surface area contributed by atoms with E-state index in [4.69, 9.17) is 5.11 Å². The molecule has 0 aliphatic rings. The van der Waals surface area contributed by atoms with E-state index in [0.717, 1.165) is 10.7 Å². The third kappa shape index (κ3) is 1.91. The van der Waals surface area contributed by atoms with E-state index in [9.17, 15) is 4.79 Å². The van der Waals surface area contributed by atoms with Crippen LogP contribution in [0.4, 0.5) is 0 Å². The summed E-state index contributed by atoms with van der Waals surface area (Å²) in [6.07, 6.45) is 0. The monoisotopic (exact) mass is 240 g/mol. The first kappa shape index (κ1) is 10.3. The molecule has 0 saturated heterocycles. The van der Waals surface area contributed by atoms with Crippen LogP contribution in [0.2, 0.25) is 0 Å². The number of aromatic nitrogens is 2. The van der Waals surface area contributed by atoms with Crippen LogP contribution in [0.5, 0.6) is 0 Å². The van der Waals surface area contributed by atoms with Gasteiger partial charge in [0.05, 0.1) is 0 Å². The molecule has 0 aliphatic heterocycles. The summed E-state index contributed by atoms with van der Waals surface area (Å²) in [7, 11) is 0. The van der Waals surface area contributed by atoms with Crippen LogP contribution in [0.3, 0.4) is 0 Å². The number of aryl methyl sites for hydroxylation is 2. The van der Waals surface area contributed by atoms with Gasteiger partial charge >= 0.3 is 5.97 Å². The maximum absolute atomic E-state index is 10.8. The standard InChI is InChI=1S/C9H8N2O2S2/c1-4-3-14-7(10-4)8-11-6(9(12)13)5(2)15-8/h3H,1-2H3,(H,12,13). The minimum Gasteiger partial charge on any atom is -0.476 e. The van der Waals surface area contributed by atoms with Gasteiger partial charge < -0.3 is 5.11 Å². The lowest BCUT2D eigenvalue weighted by Crippen LogP contribution is -1.98. The zero-order chi connectivity index (χ0) is 11.0. The van der Waals surface area contributed by atoms with Crippen molar-refractivity contribution in [3.63, 3.8) is 0 Å². The highest BCUT2D eigenvalue weighted by Gasteiger charge is 2.16. The molecule has 2 heterocycles. The normalized spacial score (nSPS) is 10.5. The predicted octanol–water partition coefficient (Wildman–Crippen LogP) is 2.58. The first-order valence-corrected chi connectivity index (χ1v) is 5.91. The quantitative estimate of drug-likeness (QED) is 0.876. The maximum Gasteiger partial charge on any atom is 0.355 e. The Bertz CT molecular complexity index is 516. The van der Waals surface area contributed by atoms with Crippen molar-refractivity contribution in [1.82, 2.24) is 9.97 Å². The molecular weight excluding hydrogens is 232 g/mol. The highest BCUT2D eigenvalue weighted by atomic mass is 32.1.